The van der Waals surface area contributed by atoms with E-state index in [-0.39, 0.29) is 0 Å². The highest BCUT2D eigenvalue weighted by Crippen LogP contribution is 2.14. The number of H-pyrrole nitrogens is 1. The lowest BCUT2D eigenvalue weighted by atomic mass is 10.4. The molecule has 0 saturated carbocycles. The summed E-state index contributed by atoms with van der Waals surface area (Å²) >= 11 is 2.04. The zero-order valence-electron chi connectivity index (χ0n) is 10.1. The number of anilines is 1. The van der Waals surface area contributed by atoms with E-state index in [0.717, 1.165) is 24.4 Å². The Hall–Kier alpha value is -1.34. The average Bonchev–Trinajstić information content (AvgIpc) is 2.89. The van der Waals surface area contributed by atoms with Gasteiger partial charge in [0.2, 0.25) is 0 Å². The van der Waals surface area contributed by atoms with Gasteiger partial charge in [-0.15, -0.1) is 0 Å². The third kappa shape index (κ3) is 2.56. The zero-order chi connectivity index (χ0) is 12.2. The monoisotopic (exact) mass is 264 g/mol. The van der Waals surface area contributed by atoms with E-state index in [1.165, 1.54) is 24.6 Å². The third-order valence-electron chi connectivity index (χ3n) is 3.05. The predicted octanol–water partition coefficient (Wildman–Crippen LogP) is 0.814. The molecule has 0 spiro atoms. The van der Waals surface area contributed by atoms with E-state index in [9.17, 15) is 0 Å². The Labute approximate surface area is 110 Å². The molecule has 2 aromatic rings. The fraction of sp³-hybridized carbons (Fsp3) is 0.545. The second-order valence-corrected chi connectivity index (χ2v) is 5.43. The maximum Gasteiger partial charge on any atom is 0.182 e. The van der Waals surface area contributed by atoms with Crippen molar-refractivity contribution in [3.05, 3.63) is 12.7 Å². The topological polar surface area (TPSA) is 69.7 Å². The Bertz CT molecular complexity index is 507. The molecule has 0 unspecified atom stereocenters. The Balaban J connectivity index is 1.57. The normalized spacial score (nSPS) is 17.1. The van der Waals surface area contributed by atoms with Crippen molar-refractivity contribution in [3.8, 4) is 0 Å². The van der Waals surface area contributed by atoms with Crippen molar-refractivity contribution in [1.82, 2.24) is 24.8 Å². The van der Waals surface area contributed by atoms with Crippen molar-refractivity contribution in [2.75, 3.05) is 43.0 Å². The lowest BCUT2D eigenvalue weighted by molar-refractivity contribution is 0.314. The summed E-state index contributed by atoms with van der Waals surface area (Å²) in [6.45, 7) is 4.33. The Morgan fingerprint density at radius 3 is 3.06 bits per heavy atom. The van der Waals surface area contributed by atoms with Gasteiger partial charge in [0.25, 0.3) is 0 Å². The van der Waals surface area contributed by atoms with Gasteiger partial charge in [0, 0.05) is 37.7 Å². The van der Waals surface area contributed by atoms with E-state index in [1.54, 1.807) is 12.7 Å². The minimum atomic E-state index is 0.710. The molecule has 1 fully saturated rings. The number of fused-ring (bicyclic) bond motifs is 1. The molecule has 1 aliphatic heterocycles. The number of nitrogens with one attached hydrogen (secondary N) is 2. The van der Waals surface area contributed by atoms with Crippen LogP contribution < -0.4 is 5.32 Å². The molecule has 1 aliphatic rings. The Kier molecular flexibility index (Phi) is 3.61. The Morgan fingerprint density at radius 2 is 2.17 bits per heavy atom. The van der Waals surface area contributed by atoms with E-state index in [4.69, 9.17) is 0 Å². The van der Waals surface area contributed by atoms with Crippen molar-refractivity contribution < 1.29 is 0 Å². The van der Waals surface area contributed by atoms with Gasteiger partial charge in [0.05, 0.1) is 6.33 Å². The number of imidazole rings is 1. The molecule has 0 aliphatic carbocycles. The van der Waals surface area contributed by atoms with Crippen LogP contribution in [0.1, 0.15) is 0 Å². The van der Waals surface area contributed by atoms with Crippen LogP contribution in [0, 0.1) is 0 Å². The molecule has 0 bridgehead atoms. The lowest BCUT2D eigenvalue weighted by Crippen LogP contribution is -2.36. The molecule has 3 heterocycles. The van der Waals surface area contributed by atoms with Crippen molar-refractivity contribution in [1.29, 1.82) is 0 Å². The van der Waals surface area contributed by atoms with Crippen LogP contribution in [-0.4, -0.2) is 62.5 Å². The number of nitrogens with zero attached hydrogens (tertiary/aromatic N) is 4. The summed E-state index contributed by atoms with van der Waals surface area (Å²) in [5.41, 5.74) is 1.59. The van der Waals surface area contributed by atoms with Gasteiger partial charge in [-0.25, -0.2) is 15.0 Å². The van der Waals surface area contributed by atoms with Gasteiger partial charge in [-0.2, -0.15) is 11.8 Å². The van der Waals surface area contributed by atoms with Crippen LogP contribution in [0.2, 0.25) is 0 Å². The second kappa shape index (κ2) is 5.53. The fourth-order valence-electron chi connectivity index (χ4n) is 2.06. The molecule has 7 heteroatoms. The van der Waals surface area contributed by atoms with Crippen molar-refractivity contribution in [2.45, 2.75) is 0 Å². The van der Waals surface area contributed by atoms with Crippen molar-refractivity contribution in [2.24, 2.45) is 0 Å². The first-order valence-electron chi connectivity index (χ1n) is 6.11. The number of hydrogen-bond acceptors (Lipinski definition) is 6. The Morgan fingerprint density at radius 1 is 1.28 bits per heavy atom. The molecule has 2 N–H and O–H groups in total. The van der Waals surface area contributed by atoms with E-state index < -0.39 is 0 Å². The average molecular weight is 264 g/mol. The number of hydrogen-bond donors (Lipinski definition) is 2. The summed E-state index contributed by atoms with van der Waals surface area (Å²) in [5.74, 6) is 3.33. The van der Waals surface area contributed by atoms with Gasteiger partial charge in [0.15, 0.2) is 11.5 Å². The summed E-state index contributed by atoms with van der Waals surface area (Å²) in [6.07, 6.45) is 3.19. The molecular formula is C11H16N6S. The number of aromatic nitrogens is 4. The second-order valence-electron chi connectivity index (χ2n) is 4.20. The summed E-state index contributed by atoms with van der Waals surface area (Å²) in [6, 6.07) is 0. The molecule has 0 radical (unpaired) electrons. The van der Waals surface area contributed by atoms with E-state index in [0.29, 0.717) is 5.65 Å². The largest absolute Gasteiger partial charge is 0.367 e. The first-order chi connectivity index (χ1) is 8.93. The highest BCUT2D eigenvalue weighted by atomic mass is 32.2. The predicted molar refractivity (Wildman–Crippen MR) is 73.9 cm³/mol. The van der Waals surface area contributed by atoms with Gasteiger partial charge < -0.3 is 10.3 Å². The van der Waals surface area contributed by atoms with E-state index >= 15 is 0 Å². The molecule has 0 aromatic carbocycles. The van der Waals surface area contributed by atoms with Crippen molar-refractivity contribution >= 4 is 28.7 Å². The molecule has 0 amide bonds. The van der Waals surface area contributed by atoms with Gasteiger partial charge in [0.1, 0.15) is 11.8 Å². The van der Waals surface area contributed by atoms with Crippen LogP contribution in [0.4, 0.5) is 5.82 Å². The van der Waals surface area contributed by atoms with Gasteiger partial charge in [-0.05, 0) is 0 Å². The first-order valence-corrected chi connectivity index (χ1v) is 7.27. The highest BCUT2D eigenvalue weighted by molar-refractivity contribution is 7.99. The quantitative estimate of drug-likeness (QED) is 0.852. The summed E-state index contributed by atoms with van der Waals surface area (Å²) in [5, 5.41) is 3.35. The number of aromatic amines is 1. The maximum atomic E-state index is 4.25. The lowest BCUT2D eigenvalue weighted by Gasteiger charge is -2.26. The van der Waals surface area contributed by atoms with Gasteiger partial charge in [-0.1, -0.05) is 0 Å². The first kappa shape index (κ1) is 11.7. The van der Waals surface area contributed by atoms with E-state index in [2.05, 4.69) is 30.2 Å². The highest BCUT2D eigenvalue weighted by Gasteiger charge is 2.10. The van der Waals surface area contributed by atoms with E-state index in [1.807, 2.05) is 11.8 Å². The number of rotatable bonds is 4. The van der Waals surface area contributed by atoms with Crippen LogP contribution in [0.3, 0.4) is 0 Å². The summed E-state index contributed by atoms with van der Waals surface area (Å²) in [7, 11) is 0. The third-order valence-corrected chi connectivity index (χ3v) is 3.99. The fourth-order valence-corrected chi connectivity index (χ4v) is 3.03. The molecule has 96 valence electrons. The smallest absolute Gasteiger partial charge is 0.182 e. The molecule has 0 atom stereocenters. The van der Waals surface area contributed by atoms with Crippen LogP contribution >= 0.6 is 11.8 Å². The molecule has 18 heavy (non-hydrogen) atoms. The van der Waals surface area contributed by atoms with Crippen LogP contribution in [-0.2, 0) is 0 Å². The van der Waals surface area contributed by atoms with Gasteiger partial charge in [-0.3, -0.25) is 4.90 Å². The molecule has 2 aromatic heterocycles. The van der Waals surface area contributed by atoms with Crippen molar-refractivity contribution in [3.63, 3.8) is 0 Å². The van der Waals surface area contributed by atoms with Crippen LogP contribution in [0.25, 0.3) is 11.2 Å². The molecule has 3 rings (SSSR count). The zero-order valence-corrected chi connectivity index (χ0v) is 10.9. The SMILES string of the molecule is c1nc(NCCN2CCSCC2)c2[nH]cnc2n1. The standard InChI is InChI=1S/C11H16N6S/c1(2-17-3-5-18-6-4-17)12-10-9-11(14-7-13-9)16-8-15-10/h7-8H,1-6H2,(H2,12,13,14,15,16). The summed E-state index contributed by atoms with van der Waals surface area (Å²) in [4.78, 5) is 18.0. The maximum absolute atomic E-state index is 4.25. The summed E-state index contributed by atoms with van der Waals surface area (Å²) < 4.78 is 0. The molecular weight excluding hydrogens is 248 g/mol. The van der Waals surface area contributed by atoms with Gasteiger partial charge >= 0.3 is 0 Å². The minimum Gasteiger partial charge on any atom is -0.367 e. The van der Waals surface area contributed by atoms with Crippen LogP contribution in [0.5, 0.6) is 0 Å². The molecule has 6 nitrogen and oxygen atoms in total. The minimum absolute atomic E-state index is 0.710. The van der Waals surface area contributed by atoms with Crippen LogP contribution in [0.15, 0.2) is 12.7 Å². The molecule has 1 saturated heterocycles. The number of thioether (sulfide) groups is 1.